The average Bonchev–Trinajstić information content (AvgIpc) is 2.66. The number of amides is 2. The Morgan fingerprint density at radius 3 is 1.96 bits per heavy atom. The summed E-state index contributed by atoms with van der Waals surface area (Å²) in [5.41, 5.74) is 11.8. The zero-order valence-electron chi connectivity index (χ0n) is 14.8. The molecule has 0 aliphatic rings. The van der Waals surface area contributed by atoms with Crippen LogP contribution in [0.3, 0.4) is 0 Å². The maximum absolute atomic E-state index is 12.9. The molecule has 1 atom stereocenters. The first kappa shape index (κ1) is 19.8. The molecule has 0 aliphatic heterocycles. The third-order valence-electron chi connectivity index (χ3n) is 3.77. The van der Waals surface area contributed by atoms with E-state index in [4.69, 9.17) is 11.5 Å². The summed E-state index contributed by atoms with van der Waals surface area (Å²) < 4.78 is 0. The van der Waals surface area contributed by atoms with Gasteiger partial charge in [0.25, 0.3) is 0 Å². The lowest BCUT2D eigenvalue weighted by Crippen LogP contribution is -2.46. The highest BCUT2D eigenvalue weighted by Gasteiger charge is 2.24. The minimum absolute atomic E-state index is 0.0507. The Kier molecular flexibility index (Phi) is 7.18. The number of guanidine groups is 1. The number of nitrogens with one attached hydrogen (secondary N) is 1. The molecular weight excluding hydrogens is 346 g/mol. The normalized spacial score (nSPS) is 11.3. The van der Waals surface area contributed by atoms with Gasteiger partial charge in [-0.3, -0.25) is 9.89 Å². The number of carbonyl (C=O) groups is 2. The van der Waals surface area contributed by atoms with Gasteiger partial charge >= 0.3 is 12.0 Å². The van der Waals surface area contributed by atoms with Crippen LogP contribution in [-0.4, -0.2) is 35.7 Å². The molecule has 2 aromatic rings. The number of urea groups is 1. The summed E-state index contributed by atoms with van der Waals surface area (Å²) in [6.45, 7) is 0.295. The summed E-state index contributed by atoms with van der Waals surface area (Å²) in [5, 5.41) is 12.0. The van der Waals surface area contributed by atoms with E-state index in [1.807, 2.05) is 36.4 Å². The summed E-state index contributed by atoms with van der Waals surface area (Å²) in [5.74, 6) is -1.17. The van der Waals surface area contributed by atoms with E-state index in [1.54, 1.807) is 24.3 Å². The molecule has 0 radical (unpaired) electrons. The largest absolute Gasteiger partial charge is 0.480 e. The number of aliphatic carboxylic acids is 1. The van der Waals surface area contributed by atoms with Crippen LogP contribution in [-0.2, 0) is 4.79 Å². The summed E-state index contributed by atoms with van der Waals surface area (Å²) in [6.07, 6.45) is 0.626. The topological polar surface area (TPSA) is 134 Å². The number of nitrogens with two attached hydrogens (primary N) is 2. The number of aliphatic imine (C=N–C) groups is 1. The number of para-hydroxylation sites is 2. The summed E-state index contributed by atoms with van der Waals surface area (Å²) in [6, 6.07) is 16.5. The highest BCUT2D eigenvalue weighted by Crippen LogP contribution is 2.25. The van der Waals surface area contributed by atoms with Gasteiger partial charge in [-0.05, 0) is 37.1 Å². The van der Waals surface area contributed by atoms with E-state index in [0.717, 1.165) is 0 Å². The number of anilines is 2. The van der Waals surface area contributed by atoms with Gasteiger partial charge in [0.15, 0.2) is 5.96 Å². The van der Waals surface area contributed by atoms with Crippen LogP contribution in [0.25, 0.3) is 0 Å². The molecular formula is C19H23N5O3. The van der Waals surface area contributed by atoms with Gasteiger partial charge in [0.05, 0.1) is 11.4 Å². The molecule has 6 N–H and O–H groups in total. The summed E-state index contributed by atoms with van der Waals surface area (Å²) >= 11 is 0. The SMILES string of the molecule is NC(N)=NCCC[C@@H](NC(=O)N(c1ccccc1)c1ccccc1)C(=O)O. The van der Waals surface area contributed by atoms with Gasteiger partial charge in [-0.2, -0.15) is 0 Å². The van der Waals surface area contributed by atoms with E-state index in [-0.39, 0.29) is 12.4 Å². The zero-order chi connectivity index (χ0) is 19.6. The van der Waals surface area contributed by atoms with Gasteiger partial charge in [-0.15, -0.1) is 0 Å². The number of carboxylic acids is 1. The number of carbonyl (C=O) groups excluding carboxylic acids is 1. The van der Waals surface area contributed by atoms with Gasteiger partial charge in [-0.25, -0.2) is 9.59 Å². The fraction of sp³-hybridized carbons (Fsp3) is 0.211. The minimum atomic E-state index is -1.12. The molecule has 0 saturated carbocycles. The van der Waals surface area contributed by atoms with Crippen molar-refractivity contribution in [3.05, 3.63) is 60.7 Å². The smallest absolute Gasteiger partial charge is 0.327 e. The first-order valence-corrected chi connectivity index (χ1v) is 8.48. The maximum atomic E-state index is 12.9. The molecule has 8 heteroatoms. The van der Waals surface area contributed by atoms with Crippen molar-refractivity contribution in [3.8, 4) is 0 Å². The lowest BCUT2D eigenvalue weighted by atomic mass is 10.1. The average molecular weight is 369 g/mol. The van der Waals surface area contributed by atoms with E-state index in [2.05, 4.69) is 10.3 Å². The van der Waals surface area contributed by atoms with Gasteiger partial charge < -0.3 is 21.9 Å². The predicted molar refractivity (Wildman–Crippen MR) is 105 cm³/mol. The van der Waals surface area contributed by atoms with Crippen molar-refractivity contribution in [3.63, 3.8) is 0 Å². The summed E-state index contributed by atoms with van der Waals surface area (Å²) in [4.78, 5) is 29.7. The molecule has 0 heterocycles. The highest BCUT2D eigenvalue weighted by atomic mass is 16.4. The quantitative estimate of drug-likeness (QED) is 0.321. The molecule has 0 unspecified atom stereocenters. The molecule has 0 saturated heterocycles. The standard InChI is InChI=1S/C19H23N5O3/c20-18(21)22-13-7-12-16(17(25)26)23-19(27)24(14-8-3-1-4-9-14)15-10-5-2-6-11-15/h1-6,8-11,16H,7,12-13H2,(H,23,27)(H,25,26)(H4,20,21,22)/t16-/m1/s1. The molecule has 0 bridgehead atoms. The molecule has 0 aromatic heterocycles. The minimum Gasteiger partial charge on any atom is -0.480 e. The van der Waals surface area contributed by atoms with Crippen LogP contribution in [0.4, 0.5) is 16.2 Å². The monoisotopic (exact) mass is 369 g/mol. The number of hydrogen-bond donors (Lipinski definition) is 4. The van der Waals surface area contributed by atoms with Crippen LogP contribution in [0.1, 0.15) is 12.8 Å². The van der Waals surface area contributed by atoms with Gasteiger partial charge in [0.2, 0.25) is 0 Å². The fourth-order valence-electron chi connectivity index (χ4n) is 2.51. The molecule has 0 fully saturated rings. The Morgan fingerprint density at radius 1 is 1.00 bits per heavy atom. The van der Waals surface area contributed by atoms with Gasteiger partial charge in [-0.1, -0.05) is 36.4 Å². The fourth-order valence-corrected chi connectivity index (χ4v) is 2.51. The Morgan fingerprint density at radius 2 is 1.52 bits per heavy atom. The maximum Gasteiger partial charge on any atom is 0.327 e. The van der Waals surface area contributed by atoms with Gasteiger partial charge in [0, 0.05) is 6.54 Å². The second kappa shape index (κ2) is 9.81. The van der Waals surface area contributed by atoms with E-state index in [1.165, 1.54) is 4.90 Å². The highest BCUT2D eigenvalue weighted by molar-refractivity contribution is 6.00. The van der Waals surface area contributed by atoms with Crippen molar-refractivity contribution in [2.45, 2.75) is 18.9 Å². The predicted octanol–water partition coefficient (Wildman–Crippen LogP) is 2.04. The van der Waals surface area contributed by atoms with Crippen LogP contribution in [0.2, 0.25) is 0 Å². The van der Waals surface area contributed by atoms with E-state index >= 15 is 0 Å². The molecule has 27 heavy (non-hydrogen) atoms. The van der Waals surface area contributed by atoms with Crippen molar-refractivity contribution in [2.75, 3.05) is 11.4 Å². The van der Waals surface area contributed by atoms with Crippen molar-refractivity contribution in [2.24, 2.45) is 16.5 Å². The lowest BCUT2D eigenvalue weighted by molar-refractivity contribution is -0.139. The van der Waals surface area contributed by atoms with Crippen molar-refractivity contribution in [1.29, 1.82) is 0 Å². The third kappa shape index (κ3) is 6.03. The van der Waals surface area contributed by atoms with E-state index in [0.29, 0.717) is 24.3 Å². The molecule has 8 nitrogen and oxygen atoms in total. The van der Waals surface area contributed by atoms with Crippen molar-refractivity contribution in [1.82, 2.24) is 5.32 Å². The second-order valence-electron chi connectivity index (χ2n) is 5.80. The molecule has 0 aliphatic carbocycles. The molecule has 2 aromatic carbocycles. The first-order chi connectivity index (χ1) is 13.0. The number of carboxylic acid groups (broad SMARTS) is 1. The lowest BCUT2D eigenvalue weighted by Gasteiger charge is -2.25. The Labute approximate surface area is 157 Å². The third-order valence-corrected chi connectivity index (χ3v) is 3.77. The number of nitrogens with zero attached hydrogens (tertiary/aromatic N) is 2. The van der Waals surface area contributed by atoms with Crippen LogP contribution < -0.4 is 21.7 Å². The number of hydrogen-bond acceptors (Lipinski definition) is 3. The zero-order valence-corrected chi connectivity index (χ0v) is 14.8. The van der Waals surface area contributed by atoms with Gasteiger partial charge in [0.1, 0.15) is 6.04 Å². The van der Waals surface area contributed by atoms with Crippen molar-refractivity contribution >= 4 is 29.3 Å². The van der Waals surface area contributed by atoms with Crippen LogP contribution in [0.5, 0.6) is 0 Å². The van der Waals surface area contributed by atoms with E-state index < -0.39 is 18.0 Å². The summed E-state index contributed by atoms with van der Waals surface area (Å²) in [7, 11) is 0. The Balaban J connectivity index is 2.16. The Bertz CT molecular complexity index is 737. The molecule has 2 rings (SSSR count). The van der Waals surface area contributed by atoms with E-state index in [9.17, 15) is 14.7 Å². The molecule has 142 valence electrons. The van der Waals surface area contributed by atoms with Crippen LogP contribution >= 0.6 is 0 Å². The second-order valence-corrected chi connectivity index (χ2v) is 5.80. The molecule has 2 amide bonds. The van der Waals surface area contributed by atoms with Crippen LogP contribution in [0.15, 0.2) is 65.7 Å². The Hall–Kier alpha value is -3.55. The number of rotatable bonds is 8. The first-order valence-electron chi connectivity index (χ1n) is 8.48. The molecule has 0 spiro atoms. The van der Waals surface area contributed by atoms with Crippen molar-refractivity contribution < 1.29 is 14.7 Å². The van der Waals surface area contributed by atoms with Crippen LogP contribution in [0, 0.1) is 0 Å². The number of benzene rings is 2.